The molecule has 0 saturated heterocycles. The Labute approximate surface area is 143 Å². The van der Waals surface area contributed by atoms with Gasteiger partial charge in [-0.25, -0.2) is 8.42 Å². The first-order valence-corrected chi connectivity index (χ1v) is 6.27. The second kappa shape index (κ2) is 5.48. The minimum Gasteiger partial charge on any atom is -0.744 e. The van der Waals surface area contributed by atoms with Gasteiger partial charge in [0.2, 0.25) is 0 Å². The van der Waals surface area contributed by atoms with E-state index < -0.39 is 10.1 Å². The molecule has 0 unspecified atom stereocenters. The summed E-state index contributed by atoms with van der Waals surface area (Å²) in [5.74, 6) is 0. The number of hydrogen-bond donors (Lipinski definition) is 0. The van der Waals surface area contributed by atoms with Crippen molar-refractivity contribution in [3.8, 4) is 0 Å². The molecule has 0 N–H and O–H groups in total. The zero-order chi connectivity index (χ0) is 11.9. The van der Waals surface area contributed by atoms with E-state index in [1.165, 1.54) is 0 Å². The fraction of sp³-hybridized carbons (Fsp3) is 0.167. The summed E-state index contributed by atoms with van der Waals surface area (Å²) < 4.78 is 33.7. The van der Waals surface area contributed by atoms with Gasteiger partial charge < -0.3 is 4.55 Å². The molecule has 2 rings (SSSR count). The molecule has 0 saturated carbocycles. The number of rotatable bonds is 1. The molecule has 0 atom stereocenters. The third-order valence-corrected chi connectivity index (χ3v) is 3.68. The van der Waals surface area contributed by atoms with Crippen LogP contribution in [0.15, 0.2) is 35.2 Å². The van der Waals surface area contributed by atoms with Gasteiger partial charge in [0.25, 0.3) is 0 Å². The van der Waals surface area contributed by atoms with Crippen molar-refractivity contribution in [3.63, 3.8) is 0 Å². The fourth-order valence-corrected chi connectivity index (χ4v) is 2.94. The van der Waals surface area contributed by atoms with Crippen molar-refractivity contribution in [1.29, 1.82) is 0 Å². The molecule has 5 heteroatoms. The molecule has 2 aromatic carbocycles. The Morgan fingerprint density at radius 1 is 1.00 bits per heavy atom. The molecule has 0 heterocycles. The number of hydrogen-bond acceptors (Lipinski definition) is 3. The second-order valence-electron chi connectivity index (χ2n) is 3.84. The average molecular weight is 274 g/mol. The smallest absolute Gasteiger partial charge is 0.744 e. The molecule has 3 nitrogen and oxygen atoms in total. The Balaban J connectivity index is 0.00000144. The van der Waals surface area contributed by atoms with Gasteiger partial charge >= 0.3 is 51.4 Å². The van der Waals surface area contributed by atoms with Crippen LogP contribution in [0.2, 0.25) is 0 Å². The van der Waals surface area contributed by atoms with Gasteiger partial charge in [-0.1, -0.05) is 30.3 Å². The summed E-state index contributed by atoms with van der Waals surface area (Å²) in [5.41, 5.74) is 1.48. The van der Waals surface area contributed by atoms with Crippen molar-refractivity contribution in [2.45, 2.75) is 18.7 Å². The Bertz CT molecular complexity index is 663. The zero-order valence-corrected chi connectivity index (χ0v) is 14.0. The van der Waals surface area contributed by atoms with Crippen LogP contribution in [0.25, 0.3) is 10.8 Å². The first kappa shape index (κ1) is 15.3. The maximum Gasteiger partial charge on any atom is 1.00 e. The quantitative estimate of drug-likeness (QED) is 0.514. The summed E-state index contributed by atoms with van der Waals surface area (Å²) >= 11 is 0. The van der Waals surface area contributed by atoms with Gasteiger partial charge in [-0.3, -0.25) is 0 Å². The van der Waals surface area contributed by atoms with E-state index in [1.54, 1.807) is 25.1 Å². The van der Waals surface area contributed by atoms with E-state index in [4.69, 9.17) is 0 Å². The summed E-state index contributed by atoms with van der Waals surface area (Å²) in [6.07, 6.45) is 0. The van der Waals surface area contributed by atoms with Crippen LogP contribution in [-0.4, -0.2) is 13.0 Å². The molecule has 0 radical (unpaired) electrons. The first-order chi connectivity index (χ1) is 7.41. The summed E-state index contributed by atoms with van der Waals surface area (Å²) in [6, 6.07) is 8.77. The molecular weight excluding hydrogens is 263 g/mol. The van der Waals surface area contributed by atoms with Crippen LogP contribution < -0.4 is 51.4 Å². The van der Waals surface area contributed by atoms with Crippen molar-refractivity contribution in [1.82, 2.24) is 0 Å². The van der Waals surface area contributed by atoms with E-state index in [1.807, 2.05) is 19.1 Å². The molecular formula is C12H11KO3S. The maximum atomic E-state index is 11.2. The van der Waals surface area contributed by atoms with Crippen LogP contribution in [0.3, 0.4) is 0 Å². The maximum absolute atomic E-state index is 11.2. The zero-order valence-electron chi connectivity index (χ0n) is 10.0. The molecule has 0 bridgehead atoms. The molecule has 0 aliphatic carbocycles. The Morgan fingerprint density at radius 3 is 2.06 bits per heavy atom. The molecule has 17 heavy (non-hydrogen) atoms. The van der Waals surface area contributed by atoms with E-state index in [2.05, 4.69) is 0 Å². The number of fused-ring (bicyclic) bond motifs is 1. The van der Waals surface area contributed by atoms with Crippen LogP contribution >= 0.6 is 0 Å². The summed E-state index contributed by atoms with van der Waals surface area (Å²) in [4.78, 5) is -0.103. The van der Waals surface area contributed by atoms with Crippen LogP contribution in [0.1, 0.15) is 11.1 Å². The van der Waals surface area contributed by atoms with Gasteiger partial charge in [-0.15, -0.1) is 0 Å². The Hall–Kier alpha value is 0.246. The van der Waals surface area contributed by atoms with E-state index in [9.17, 15) is 13.0 Å². The van der Waals surface area contributed by atoms with Gasteiger partial charge in [-0.2, -0.15) is 0 Å². The van der Waals surface area contributed by atoms with Gasteiger partial charge in [0.15, 0.2) is 0 Å². The molecule has 0 aliphatic heterocycles. The summed E-state index contributed by atoms with van der Waals surface area (Å²) in [7, 11) is -4.43. The van der Waals surface area contributed by atoms with E-state index in [0.29, 0.717) is 10.9 Å². The molecule has 0 amide bonds. The number of aryl methyl sites for hydroxylation is 2. The first-order valence-electron chi connectivity index (χ1n) is 4.86. The predicted molar refractivity (Wildman–Crippen MR) is 61.4 cm³/mol. The molecule has 0 aliphatic rings. The van der Waals surface area contributed by atoms with E-state index in [0.717, 1.165) is 10.9 Å². The monoisotopic (exact) mass is 274 g/mol. The fourth-order valence-electron chi connectivity index (χ4n) is 2.04. The molecule has 84 valence electrons. The largest absolute Gasteiger partial charge is 1.00 e. The summed E-state index contributed by atoms with van der Waals surface area (Å²) in [6.45, 7) is 3.54. The molecule has 0 fully saturated rings. The molecule has 0 aromatic heterocycles. The van der Waals surface area contributed by atoms with Crippen LogP contribution in [-0.2, 0) is 10.1 Å². The Morgan fingerprint density at radius 2 is 1.53 bits per heavy atom. The van der Waals surface area contributed by atoms with Gasteiger partial charge in [0.1, 0.15) is 10.1 Å². The SMILES string of the molecule is Cc1cc(C)c2ccccc2c1S(=O)(=O)[O-].[K+]. The third kappa shape index (κ3) is 2.98. The average Bonchev–Trinajstić information content (AvgIpc) is 2.15. The van der Waals surface area contributed by atoms with Crippen molar-refractivity contribution >= 4 is 20.9 Å². The Kier molecular flexibility index (Phi) is 4.94. The van der Waals surface area contributed by atoms with Crippen molar-refractivity contribution in [2.75, 3.05) is 0 Å². The molecule has 2 aromatic rings. The van der Waals surface area contributed by atoms with Gasteiger partial charge in [0, 0.05) is 0 Å². The van der Waals surface area contributed by atoms with Crippen molar-refractivity contribution in [3.05, 3.63) is 41.5 Å². The van der Waals surface area contributed by atoms with Crippen molar-refractivity contribution < 1.29 is 64.4 Å². The van der Waals surface area contributed by atoms with Gasteiger partial charge in [0.05, 0.1) is 4.90 Å². The topological polar surface area (TPSA) is 57.2 Å². The normalized spacial score (nSPS) is 11.2. The van der Waals surface area contributed by atoms with Crippen LogP contribution in [0.5, 0.6) is 0 Å². The molecule has 0 spiro atoms. The van der Waals surface area contributed by atoms with E-state index in [-0.39, 0.29) is 56.3 Å². The van der Waals surface area contributed by atoms with Crippen molar-refractivity contribution in [2.24, 2.45) is 0 Å². The van der Waals surface area contributed by atoms with E-state index >= 15 is 0 Å². The van der Waals surface area contributed by atoms with Gasteiger partial charge in [-0.05, 0) is 35.7 Å². The summed E-state index contributed by atoms with van der Waals surface area (Å²) in [5, 5.41) is 1.32. The van der Waals surface area contributed by atoms with Crippen LogP contribution in [0, 0.1) is 13.8 Å². The third-order valence-electron chi connectivity index (χ3n) is 2.64. The minimum absolute atomic E-state index is 0. The minimum atomic E-state index is -4.43. The standard InChI is InChI=1S/C12H12O3S.K/c1-8-7-9(2)12(16(13,14)15)11-6-4-3-5-10(8)11;/h3-7H,1-2H3,(H,13,14,15);/q;+1/p-1. The number of benzene rings is 2. The second-order valence-corrected chi connectivity index (χ2v) is 5.16. The van der Waals surface area contributed by atoms with Crippen LogP contribution in [0.4, 0.5) is 0 Å². The predicted octanol–water partition coefficient (Wildman–Crippen LogP) is -0.635.